The molecule has 2 aliphatic rings. The molecule has 12 atom stereocenters. The van der Waals surface area contributed by atoms with Crippen LogP contribution in [0.5, 0.6) is 0 Å². The van der Waals surface area contributed by atoms with Crippen LogP contribution in [0, 0.1) is 0 Å². The van der Waals surface area contributed by atoms with Crippen molar-refractivity contribution in [2.45, 2.75) is 299 Å². The summed E-state index contributed by atoms with van der Waals surface area (Å²) in [4.78, 5) is 13.2. The van der Waals surface area contributed by atoms with Crippen molar-refractivity contribution in [2.75, 3.05) is 19.8 Å². The molecular weight excluding hydrogens is 835 g/mol. The Bertz CT molecular complexity index is 1100. The van der Waals surface area contributed by atoms with E-state index in [0.29, 0.717) is 12.8 Å². The number of rotatable bonds is 42. The number of carbonyl (C=O) groups excluding carboxylic acids is 1. The van der Waals surface area contributed by atoms with Gasteiger partial charge in [0, 0.05) is 6.42 Å². The second kappa shape index (κ2) is 38.8. The standard InChI is InChI=1S/C51H99NO13/c1-3-5-7-9-11-13-15-16-17-18-19-20-21-22-23-24-25-27-29-31-33-35-43(56)52-39(40(55)34-32-30-28-26-14-12-10-8-6-4-2)38-62-50-48(61)46(59)49(42(37-54)64-50)65-51-47(60)45(58)44(57)41(36-53)63-51/h39-42,44-51,53-55,57-61H,3-38H2,1-2H3,(H,52,56). The van der Waals surface area contributed by atoms with Crippen molar-refractivity contribution < 1.29 is 64.6 Å². The number of ether oxygens (including phenoxy) is 4. The summed E-state index contributed by atoms with van der Waals surface area (Å²) < 4.78 is 22.7. The van der Waals surface area contributed by atoms with Crippen molar-refractivity contribution in [1.82, 2.24) is 5.32 Å². The van der Waals surface area contributed by atoms with Crippen LogP contribution in [0.2, 0.25) is 0 Å². The highest BCUT2D eigenvalue weighted by atomic mass is 16.7. The SMILES string of the molecule is CCCCCCCCCCCCCCCCCCCCCCCC(=O)NC(COC1OC(CO)C(OC2OC(CO)C(O)C(O)C2O)C(O)C1O)C(O)CCCCCCCCCCCC. The lowest BCUT2D eigenvalue weighted by atomic mass is 9.97. The molecule has 0 spiro atoms. The van der Waals surface area contributed by atoms with Crippen LogP contribution in [0.1, 0.15) is 226 Å². The lowest BCUT2D eigenvalue weighted by molar-refractivity contribution is -0.359. The van der Waals surface area contributed by atoms with Gasteiger partial charge in [-0.05, 0) is 12.8 Å². The van der Waals surface area contributed by atoms with Gasteiger partial charge in [-0.25, -0.2) is 0 Å². The van der Waals surface area contributed by atoms with Gasteiger partial charge in [-0.1, -0.05) is 206 Å². The van der Waals surface area contributed by atoms with E-state index in [1.54, 1.807) is 0 Å². The summed E-state index contributed by atoms with van der Waals surface area (Å²) in [6.07, 6.45) is 22.6. The fourth-order valence-corrected chi connectivity index (χ4v) is 9.18. The van der Waals surface area contributed by atoms with Crippen LogP contribution < -0.4 is 5.32 Å². The normalized spacial score (nSPS) is 26.9. The molecule has 2 aliphatic heterocycles. The summed E-state index contributed by atoms with van der Waals surface area (Å²) in [5.74, 6) is -0.204. The van der Waals surface area contributed by atoms with Gasteiger partial charge in [0.05, 0.1) is 32.0 Å². The first-order valence-electron chi connectivity index (χ1n) is 26.8. The summed E-state index contributed by atoms with van der Waals surface area (Å²) in [7, 11) is 0. The van der Waals surface area contributed by atoms with Gasteiger partial charge < -0.3 is 65.1 Å². The summed E-state index contributed by atoms with van der Waals surface area (Å²) in [5.41, 5.74) is 0. The van der Waals surface area contributed by atoms with E-state index in [-0.39, 0.29) is 12.5 Å². The number of hydrogen-bond acceptors (Lipinski definition) is 13. The molecule has 0 aromatic rings. The number of carbonyl (C=O) groups is 1. The summed E-state index contributed by atoms with van der Waals surface area (Å²) in [6.45, 7) is 2.85. The minimum Gasteiger partial charge on any atom is -0.394 e. The predicted octanol–water partition coefficient (Wildman–Crippen LogP) is 7.39. The second-order valence-electron chi connectivity index (χ2n) is 19.4. The molecule has 0 saturated carbocycles. The molecule has 0 radical (unpaired) electrons. The first-order valence-corrected chi connectivity index (χ1v) is 26.8. The highest BCUT2D eigenvalue weighted by Crippen LogP contribution is 2.30. The number of amides is 1. The predicted molar refractivity (Wildman–Crippen MR) is 254 cm³/mol. The van der Waals surface area contributed by atoms with Gasteiger partial charge in [0.15, 0.2) is 12.6 Å². The molecule has 0 bridgehead atoms. The van der Waals surface area contributed by atoms with Gasteiger partial charge in [0.2, 0.25) is 5.91 Å². The Morgan fingerprint density at radius 3 is 1.31 bits per heavy atom. The first-order chi connectivity index (χ1) is 31.6. The average Bonchev–Trinajstić information content (AvgIpc) is 3.30. The Labute approximate surface area is 393 Å². The summed E-state index contributed by atoms with van der Waals surface area (Å²) in [5, 5.41) is 86.8. The molecular formula is C51H99NO13. The maximum atomic E-state index is 13.2. The lowest BCUT2D eigenvalue weighted by Gasteiger charge is -2.46. The Morgan fingerprint density at radius 2 is 0.877 bits per heavy atom. The van der Waals surface area contributed by atoms with Gasteiger partial charge in [0.1, 0.15) is 48.8 Å². The van der Waals surface area contributed by atoms with Gasteiger partial charge in [0.25, 0.3) is 0 Å². The summed E-state index contributed by atoms with van der Waals surface area (Å²) in [6, 6.07) is -0.820. The average molecular weight is 934 g/mol. The van der Waals surface area contributed by atoms with Gasteiger partial charge in [-0.15, -0.1) is 0 Å². The van der Waals surface area contributed by atoms with E-state index >= 15 is 0 Å². The van der Waals surface area contributed by atoms with Crippen LogP contribution in [-0.4, -0.2) is 140 Å². The highest BCUT2D eigenvalue weighted by Gasteiger charge is 2.51. The van der Waals surface area contributed by atoms with E-state index in [1.165, 1.54) is 148 Å². The number of nitrogens with one attached hydrogen (secondary N) is 1. The second-order valence-corrected chi connectivity index (χ2v) is 19.4. The maximum Gasteiger partial charge on any atom is 0.220 e. The van der Waals surface area contributed by atoms with E-state index in [1.807, 2.05) is 0 Å². The van der Waals surface area contributed by atoms with Crippen LogP contribution in [0.4, 0.5) is 0 Å². The minimum atomic E-state index is -1.78. The molecule has 0 aromatic carbocycles. The van der Waals surface area contributed by atoms with Crippen LogP contribution in [-0.2, 0) is 23.7 Å². The number of aliphatic hydroxyl groups excluding tert-OH is 8. The summed E-state index contributed by atoms with van der Waals surface area (Å²) >= 11 is 0. The fraction of sp³-hybridized carbons (Fsp3) is 0.980. The zero-order valence-corrected chi connectivity index (χ0v) is 41.0. The lowest BCUT2D eigenvalue weighted by Crippen LogP contribution is -2.65. The van der Waals surface area contributed by atoms with Crippen LogP contribution in [0.15, 0.2) is 0 Å². The van der Waals surface area contributed by atoms with E-state index < -0.39 is 86.8 Å². The van der Waals surface area contributed by atoms with Crippen LogP contribution in [0.25, 0.3) is 0 Å². The molecule has 2 rings (SSSR count). The first kappa shape index (κ1) is 60.1. The van der Waals surface area contributed by atoms with Crippen molar-refractivity contribution >= 4 is 5.91 Å². The molecule has 0 aromatic heterocycles. The Balaban J connectivity index is 1.75. The van der Waals surface area contributed by atoms with Crippen molar-refractivity contribution in [3.63, 3.8) is 0 Å². The zero-order chi connectivity index (χ0) is 47.5. The molecule has 2 saturated heterocycles. The van der Waals surface area contributed by atoms with Crippen LogP contribution >= 0.6 is 0 Å². The molecule has 14 nitrogen and oxygen atoms in total. The Kier molecular flexibility index (Phi) is 35.9. The number of unbranched alkanes of at least 4 members (excludes halogenated alkanes) is 29. The van der Waals surface area contributed by atoms with Gasteiger partial charge in [-0.2, -0.15) is 0 Å². The van der Waals surface area contributed by atoms with E-state index in [4.69, 9.17) is 18.9 Å². The molecule has 386 valence electrons. The quantitative estimate of drug-likeness (QED) is 0.0273. The number of aliphatic hydroxyl groups is 8. The van der Waals surface area contributed by atoms with E-state index in [9.17, 15) is 45.6 Å². The van der Waals surface area contributed by atoms with Crippen molar-refractivity contribution in [2.24, 2.45) is 0 Å². The Morgan fingerprint density at radius 1 is 0.492 bits per heavy atom. The molecule has 2 heterocycles. The molecule has 14 heteroatoms. The molecule has 65 heavy (non-hydrogen) atoms. The van der Waals surface area contributed by atoms with E-state index in [2.05, 4.69) is 19.2 Å². The molecule has 12 unspecified atom stereocenters. The highest BCUT2D eigenvalue weighted by molar-refractivity contribution is 5.76. The topological polar surface area (TPSA) is 228 Å². The molecule has 2 fully saturated rings. The largest absolute Gasteiger partial charge is 0.394 e. The third-order valence-corrected chi connectivity index (χ3v) is 13.6. The third kappa shape index (κ3) is 26.0. The minimum absolute atomic E-state index is 0.204. The third-order valence-electron chi connectivity index (χ3n) is 13.6. The van der Waals surface area contributed by atoms with Gasteiger partial charge >= 0.3 is 0 Å². The van der Waals surface area contributed by atoms with Crippen molar-refractivity contribution in [1.29, 1.82) is 0 Å². The monoisotopic (exact) mass is 934 g/mol. The van der Waals surface area contributed by atoms with E-state index in [0.717, 1.165) is 51.4 Å². The van der Waals surface area contributed by atoms with Gasteiger partial charge in [-0.3, -0.25) is 4.79 Å². The fourth-order valence-electron chi connectivity index (χ4n) is 9.18. The molecule has 0 aliphatic carbocycles. The Hall–Kier alpha value is -1.01. The zero-order valence-electron chi connectivity index (χ0n) is 41.0. The van der Waals surface area contributed by atoms with Crippen molar-refractivity contribution in [3.05, 3.63) is 0 Å². The van der Waals surface area contributed by atoms with Crippen LogP contribution in [0.3, 0.4) is 0 Å². The smallest absolute Gasteiger partial charge is 0.220 e. The molecule has 9 N–H and O–H groups in total. The maximum absolute atomic E-state index is 13.2. The van der Waals surface area contributed by atoms with Crippen molar-refractivity contribution in [3.8, 4) is 0 Å². The number of hydrogen-bond donors (Lipinski definition) is 9. The molecule has 1 amide bonds.